The number of benzene rings is 2. The Bertz CT molecular complexity index is 1030. The lowest BCUT2D eigenvalue weighted by molar-refractivity contribution is 0.880. The van der Waals surface area contributed by atoms with E-state index in [1.807, 2.05) is 37.4 Å². The van der Waals surface area contributed by atoms with Gasteiger partial charge in [0.25, 0.3) is 0 Å². The molecule has 2 heterocycles. The Morgan fingerprint density at radius 3 is 2.08 bits per heavy atom. The fourth-order valence-electron chi connectivity index (χ4n) is 3.22. The van der Waals surface area contributed by atoms with Crippen LogP contribution in [0.15, 0.2) is 66.9 Å². The van der Waals surface area contributed by atoms with Gasteiger partial charge in [0, 0.05) is 23.4 Å². The van der Waals surface area contributed by atoms with Crippen LogP contribution in [0.2, 0.25) is 0 Å². The van der Waals surface area contributed by atoms with Gasteiger partial charge in [0.05, 0.1) is 11.4 Å². The molecule has 0 radical (unpaired) electrons. The van der Waals surface area contributed by atoms with E-state index in [-0.39, 0.29) is 6.04 Å². The lowest BCUT2D eigenvalue weighted by atomic mass is 9.99. The molecule has 0 saturated carbocycles. The first-order chi connectivity index (χ1) is 12.6. The summed E-state index contributed by atoms with van der Waals surface area (Å²) in [7, 11) is 0. The Hall–Kier alpha value is -3.14. The molecule has 130 valence electrons. The van der Waals surface area contributed by atoms with Crippen LogP contribution in [0.3, 0.4) is 0 Å². The van der Waals surface area contributed by atoms with E-state index in [2.05, 4.69) is 64.9 Å². The van der Waals surface area contributed by atoms with Crippen molar-refractivity contribution in [1.82, 2.24) is 14.4 Å². The zero-order valence-corrected chi connectivity index (χ0v) is 15.3. The van der Waals surface area contributed by atoms with Gasteiger partial charge in [-0.25, -0.2) is 9.97 Å². The second-order valence-corrected chi connectivity index (χ2v) is 6.77. The number of imidazole rings is 1. The van der Waals surface area contributed by atoms with Crippen molar-refractivity contribution in [3.63, 3.8) is 0 Å². The van der Waals surface area contributed by atoms with Crippen molar-refractivity contribution in [2.24, 2.45) is 0 Å². The summed E-state index contributed by atoms with van der Waals surface area (Å²) < 4.78 is 2.06. The smallest absolute Gasteiger partial charge is 0.236 e. The maximum Gasteiger partial charge on any atom is 0.236 e. The van der Waals surface area contributed by atoms with Crippen molar-refractivity contribution in [2.45, 2.75) is 26.8 Å². The fourth-order valence-corrected chi connectivity index (χ4v) is 3.22. The van der Waals surface area contributed by atoms with Crippen molar-refractivity contribution in [2.75, 3.05) is 5.32 Å². The third-order valence-electron chi connectivity index (χ3n) is 4.27. The van der Waals surface area contributed by atoms with E-state index in [1.54, 1.807) is 0 Å². The summed E-state index contributed by atoms with van der Waals surface area (Å²) in [6, 6.07) is 21.0. The second-order valence-electron chi connectivity index (χ2n) is 6.77. The molecule has 0 spiro atoms. The molecular formula is C22H22N4. The van der Waals surface area contributed by atoms with Gasteiger partial charge in [-0.3, -0.25) is 4.40 Å². The van der Waals surface area contributed by atoms with Gasteiger partial charge in [-0.05, 0) is 26.3 Å². The summed E-state index contributed by atoms with van der Waals surface area (Å²) in [5.41, 5.74) is 5.21. The number of fused-ring (bicyclic) bond motifs is 1. The molecule has 26 heavy (non-hydrogen) atoms. The number of hydrogen-bond acceptors (Lipinski definition) is 3. The van der Waals surface area contributed by atoms with Crippen molar-refractivity contribution >= 4 is 11.6 Å². The van der Waals surface area contributed by atoms with Crippen LogP contribution in [0, 0.1) is 6.92 Å². The molecule has 0 bridgehead atoms. The van der Waals surface area contributed by atoms with Crippen LogP contribution in [-0.2, 0) is 0 Å². The average Bonchev–Trinajstić information content (AvgIpc) is 3.03. The molecule has 0 aliphatic carbocycles. The molecule has 1 N–H and O–H groups in total. The highest BCUT2D eigenvalue weighted by Crippen LogP contribution is 2.37. The number of aromatic nitrogens is 3. The molecule has 2 aromatic heterocycles. The quantitative estimate of drug-likeness (QED) is 0.555. The zero-order valence-electron chi connectivity index (χ0n) is 15.3. The predicted molar refractivity (Wildman–Crippen MR) is 107 cm³/mol. The van der Waals surface area contributed by atoms with Gasteiger partial charge < -0.3 is 5.32 Å². The second kappa shape index (κ2) is 6.64. The van der Waals surface area contributed by atoms with Gasteiger partial charge in [0.2, 0.25) is 5.78 Å². The van der Waals surface area contributed by atoms with Crippen molar-refractivity contribution in [3.05, 3.63) is 72.6 Å². The van der Waals surface area contributed by atoms with E-state index >= 15 is 0 Å². The van der Waals surface area contributed by atoms with E-state index in [1.165, 1.54) is 0 Å². The Kier molecular flexibility index (Phi) is 4.17. The first-order valence-corrected chi connectivity index (χ1v) is 8.90. The molecule has 0 amide bonds. The summed E-state index contributed by atoms with van der Waals surface area (Å²) in [6.07, 6.45) is 2.04. The Balaban J connectivity index is 2.11. The first-order valence-electron chi connectivity index (χ1n) is 8.90. The molecule has 4 rings (SSSR count). The predicted octanol–water partition coefficient (Wildman–Crippen LogP) is 5.19. The van der Waals surface area contributed by atoms with Crippen LogP contribution >= 0.6 is 0 Å². The summed E-state index contributed by atoms with van der Waals surface area (Å²) >= 11 is 0. The van der Waals surface area contributed by atoms with Crippen LogP contribution in [0.25, 0.3) is 28.2 Å². The molecule has 0 aliphatic heterocycles. The van der Waals surface area contributed by atoms with Crippen LogP contribution in [0.4, 0.5) is 5.82 Å². The maximum absolute atomic E-state index is 4.92. The van der Waals surface area contributed by atoms with E-state index in [4.69, 9.17) is 4.98 Å². The minimum Gasteiger partial charge on any atom is -0.368 e. The summed E-state index contributed by atoms with van der Waals surface area (Å²) in [5.74, 6) is 1.74. The summed E-state index contributed by atoms with van der Waals surface area (Å²) in [6.45, 7) is 6.29. The van der Waals surface area contributed by atoms with Crippen LogP contribution < -0.4 is 5.32 Å². The van der Waals surface area contributed by atoms with Crippen molar-refractivity contribution < 1.29 is 0 Å². The highest BCUT2D eigenvalue weighted by atomic mass is 15.2. The van der Waals surface area contributed by atoms with Crippen LogP contribution in [0.5, 0.6) is 0 Å². The fraction of sp³-hybridized carbons (Fsp3) is 0.182. The van der Waals surface area contributed by atoms with Crippen molar-refractivity contribution in [1.29, 1.82) is 0 Å². The van der Waals surface area contributed by atoms with Gasteiger partial charge in [-0.15, -0.1) is 0 Å². The first kappa shape index (κ1) is 16.3. The number of nitrogens with one attached hydrogen (secondary N) is 1. The zero-order chi connectivity index (χ0) is 18.1. The topological polar surface area (TPSA) is 42.2 Å². The largest absolute Gasteiger partial charge is 0.368 e. The van der Waals surface area contributed by atoms with Crippen LogP contribution in [0.1, 0.15) is 19.5 Å². The number of nitrogens with zero attached hydrogens (tertiary/aromatic N) is 3. The van der Waals surface area contributed by atoms with Gasteiger partial charge in [0.1, 0.15) is 5.82 Å². The Morgan fingerprint density at radius 2 is 1.46 bits per heavy atom. The average molecular weight is 342 g/mol. The molecule has 0 atom stereocenters. The summed E-state index contributed by atoms with van der Waals surface area (Å²) in [4.78, 5) is 9.54. The van der Waals surface area contributed by atoms with Gasteiger partial charge >= 0.3 is 0 Å². The maximum atomic E-state index is 4.92. The number of anilines is 1. The standard InChI is InChI=1S/C22H22N4/c1-15(2)23-21-19(17-10-6-4-7-11-17)20(18-12-8-5-9-13-18)25-22-24-16(3)14-26(21)22/h4-15,23H,1-3H3. The van der Waals surface area contributed by atoms with Crippen molar-refractivity contribution in [3.8, 4) is 22.4 Å². The summed E-state index contributed by atoms with van der Waals surface area (Å²) in [5, 5.41) is 3.62. The Morgan fingerprint density at radius 1 is 0.846 bits per heavy atom. The normalized spacial score (nSPS) is 11.2. The molecule has 0 fully saturated rings. The monoisotopic (exact) mass is 342 g/mol. The van der Waals surface area contributed by atoms with Gasteiger partial charge in [-0.2, -0.15) is 0 Å². The minimum absolute atomic E-state index is 0.286. The minimum atomic E-state index is 0.286. The number of hydrogen-bond donors (Lipinski definition) is 1. The molecular weight excluding hydrogens is 320 g/mol. The van der Waals surface area contributed by atoms with E-state index in [9.17, 15) is 0 Å². The van der Waals surface area contributed by atoms with E-state index in [0.29, 0.717) is 5.78 Å². The molecule has 0 saturated heterocycles. The van der Waals surface area contributed by atoms with Gasteiger partial charge in [0.15, 0.2) is 0 Å². The lowest BCUT2D eigenvalue weighted by Crippen LogP contribution is -2.15. The molecule has 0 aliphatic rings. The Labute approximate surface area is 153 Å². The van der Waals surface area contributed by atoms with E-state index < -0.39 is 0 Å². The number of rotatable bonds is 4. The van der Waals surface area contributed by atoms with Gasteiger partial charge in [-0.1, -0.05) is 60.7 Å². The third kappa shape index (κ3) is 2.94. The molecule has 0 unspecified atom stereocenters. The highest BCUT2D eigenvalue weighted by molar-refractivity contribution is 5.89. The molecule has 4 heteroatoms. The molecule has 4 nitrogen and oxygen atoms in total. The lowest BCUT2D eigenvalue weighted by Gasteiger charge is -2.20. The van der Waals surface area contributed by atoms with Crippen LogP contribution in [-0.4, -0.2) is 20.4 Å². The highest BCUT2D eigenvalue weighted by Gasteiger charge is 2.19. The molecule has 2 aromatic carbocycles. The third-order valence-corrected chi connectivity index (χ3v) is 4.27. The molecule has 4 aromatic rings. The SMILES string of the molecule is Cc1cn2c(NC(C)C)c(-c3ccccc3)c(-c3ccccc3)nc2n1. The number of aryl methyl sites for hydroxylation is 1. The van der Waals surface area contributed by atoms with E-state index in [0.717, 1.165) is 33.9 Å².